The van der Waals surface area contributed by atoms with Crippen LogP contribution in [0.4, 0.5) is 0 Å². The lowest BCUT2D eigenvalue weighted by Gasteiger charge is -2.30. The number of rotatable bonds is 3. The second-order valence-corrected chi connectivity index (χ2v) is 5.04. The molecule has 1 aromatic rings. The maximum absolute atomic E-state index is 12.1. The fourth-order valence-corrected chi connectivity index (χ4v) is 1.42. The lowest BCUT2D eigenvalue weighted by atomic mass is 9.91. The van der Waals surface area contributed by atoms with Gasteiger partial charge in [-0.2, -0.15) is 0 Å². The molecular formula is C13H20N2O2. The van der Waals surface area contributed by atoms with Crippen LogP contribution in [0, 0.1) is 0 Å². The van der Waals surface area contributed by atoms with E-state index in [0.29, 0.717) is 5.56 Å². The van der Waals surface area contributed by atoms with Crippen molar-refractivity contribution in [1.29, 1.82) is 0 Å². The average molecular weight is 236 g/mol. The van der Waals surface area contributed by atoms with Gasteiger partial charge in [-0.15, -0.1) is 0 Å². The number of ether oxygens (including phenoxy) is 1. The molecule has 94 valence electrons. The minimum atomic E-state index is -1.28. The molecule has 1 atom stereocenters. The summed E-state index contributed by atoms with van der Waals surface area (Å²) in [7, 11) is 0. The quantitative estimate of drug-likeness (QED) is 0.771. The van der Waals surface area contributed by atoms with E-state index < -0.39 is 17.1 Å². The van der Waals surface area contributed by atoms with Gasteiger partial charge in [-0.3, -0.25) is 0 Å². The molecule has 0 unspecified atom stereocenters. The Labute approximate surface area is 102 Å². The third kappa shape index (κ3) is 3.28. The number of carbonyl (C=O) groups is 1. The average Bonchev–Trinajstić information content (AvgIpc) is 2.27. The van der Waals surface area contributed by atoms with Crippen molar-refractivity contribution in [3.63, 3.8) is 0 Å². The van der Waals surface area contributed by atoms with Gasteiger partial charge >= 0.3 is 5.97 Å². The summed E-state index contributed by atoms with van der Waals surface area (Å²) in [5.74, 6) is -0.501. The monoisotopic (exact) mass is 236 g/mol. The number of carbonyl (C=O) groups excluding carboxylic acids is 1. The van der Waals surface area contributed by atoms with Crippen molar-refractivity contribution in [1.82, 2.24) is 0 Å². The first-order valence-corrected chi connectivity index (χ1v) is 5.57. The summed E-state index contributed by atoms with van der Waals surface area (Å²) in [5, 5.41) is 0. The number of hydrogen-bond donors (Lipinski definition) is 2. The predicted molar refractivity (Wildman–Crippen MR) is 67.2 cm³/mol. The third-order valence-corrected chi connectivity index (χ3v) is 2.37. The van der Waals surface area contributed by atoms with E-state index in [-0.39, 0.29) is 6.54 Å². The molecule has 0 saturated heterocycles. The number of nitrogens with two attached hydrogens (primary N) is 2. The standard InChI is InChI=1S/C13H20N2O2/c1-12(2,3)17-11(16)13(15,9-14)10-7-5-4-6-8-10/h4-8H,9,14-15H2,1-3H3/t13-/m0/s1. The Hall–Kier alpha value is -1.39. The minimum Gasteiger partial charge on any atom is -0.458 e. The highest BCUT2D eigenvalue weighted by Crippen LogP contribution is 2.21. The highest BCUT2D eigenvalue weighted by atomic mass is 16.6. The van der Waals surface area contributed by atoms with Gasteiger partial charge in [0.2, 0.25) is 0 Å². The summed E-state index contributed by atoms with van der Waals surface area (Å²) in [6.07, 6.45) is 0. The predicted octanol–water partition coefficient (Wildman–Crippen LogP) is 1.14. The van der Waals surface area contributed by atoms with E-state index in [9.17, 15) is 4.79 Å². The molecule has 1 aromatic carbocycles. The van der Waals surface area contributed by atoms with E-state index in [2.05, 4.69) is 0 Å². The zero-order valence-corrected chi connectivity index (χ0v) is 10.6. The first kappa shape index (κ1) is 13.7. The molecule has 0 aliphatic rings. The largest absolute Gasteiger partial charge is 0.458 e. The van der Waals surface area contributed by atoms with E-state index in [4.69, 9.17) is 16.2 Å². The highest BCUT2D eigenvalue weighted by molar-refractivity contribution is 5.83. The van der Waals surface area contributed by atoms with Crippen molar-refractivity contribution in [2.45, 2.75) is 31.9 Å². The van der Waals surface area contributed by atoms with Crippen LogP contribution in [0.15, 0.2) is 30.3 Å². The smallest absolute Gasteiger partial charge is 0.332 e. The van der Waals surface area contributed by atoms with Crippen LogP contribution in [0.25, 0.3) is 0 Å². The van der Waals surface area contributed by atoms with Gasteiger partial charge in [0.25, 0.3) is 0 Å². The summed E-state index contributed by atoms with van der Waals surface area (Å²) in [6.45, 7) is 5.40. The van der Waals surface area contributed by atoms with Gasteiger partial charge in [0.1, 0.15) is 5.60 Å². The van der Waals surface area contributed by atoms with Crippen LogP contribution in [-0.4, -0.2) is 18.1 Å². The lowest BCUT2D eigenvalue weighted by molar-refractivity contribution is -0.161. The molecule has 4 heteroatoms. The minimum absolute atomic E-state index is 0.00588. The molecule has 0 saturated carbocycles. The van der Waals surface area contributed by atoms with E-state index in [1.165, 1.54) is 0 Å². The summed E-state index contributed by atoms with van der Waals surface area (Å²) >= 11 is 0. The molecule has 1 rings (SSSR count). The van der Waals surface area contributed by atoms with Gasteiger partial charge in [0.05, 0.1) is 0 Å². The van der Waals surface area contributed by atoms with Crippen molar-refractivity contribution in [2.24, 2.45) is 11.5 Å². The van der Waals surface area contributed by atoms with E-state index >= 15 is 0 Å². The Kier molecular flexibility index (Phi) is 3.91. The van der Waals surface area contributed by atoms with Gasteiger partial charge in [-0.25, -0.2) is 4.79 Å². The van der Waals surface area contributed by atoms with Crippen LogP contribution in [0.3, 0.4) is 0 Å². The van der Waals surface area contributed by atoms with E-state index in [0.717, 1.165) is 0 Å². The Bertz CT molecular complexity index is 384. The molecule has 0 amide bonds. The van der Waals surface area contributed by atoms with Crippen LogP contribution in [0.5, 0.6) is 0 Å². The zero-order valence-electron chi connectivity index (χ0n) is 10.6. The maximum atomic E-state index is 12.1. The third-order valence-electron chi connectivity index (χ3n) is 2.37. The van der Waals surface area contributed by atoms with Crippen LogP contribution in [0.2, 0.25) is 0 Å². The van der Waals surface area contributed by atoms with E-state index in [1.807, 2.05) is 18.2 Å². The first-order valence-electron chi connectivity index (χ1n) is 5.57. The molecule has 0 fully saturated rings. The Morgan fingerprint density at radius 1 is 1.24 bits per heavy atom. The first-order chi connectivity index (χ1) is 7.79. The molecule has 0 heterocycles. The second kappa shape index (κ2) is 4.85. The van der Waals surface area contributed by atoms with Crippen molar-refractivity contribution in [2.75, 3.05) is 6.54 Å². The van der Waals surface area contributed by atoms with Crippen LogP contribution in [-0.2, 0) is 15.1 Å². The van der Waals surface area contributed by atoms with Crippen molar-refractivity contribution in [3.05, 3.63) is 35.9 Å². The molecule has 0 radical (unpaired) electrons. The molecular weight excluding hydrogens is 216 g/mol. The van der Waals surface area contributed by atoms with Crippen molar-refractivity contribution >= 4 is 5.97 Å². The zero-order chi connectivity index (χ0) is 13.1. The fraction of sp³-hybridized carbons (Fsp3) is 0.462. The van der Waals surface area contributed by atoms with Crippen LogP contribution in [0.1, 0.15) is 26.3 Å². The van der Waals surface area contributed by atoms with Crippen molar-refractivity contribution in [3.8, 4) is 0 Å². The van der Waals surface area contributed by atoms with E-state index in [1.54, 1.807) is 32.9 Å². The topological polar surface area (TPSA) is 78.3 Å². The molecule has 0 spiro atoms. The van der Waals surface area contributed by atoms with Crippen LogP contribution >= 0.6 is 0 Å². The number of hydrogen-bond acceptors (Lipinski definition) is 4. The lowest BCUT2D eigenvalue weighted by Crippen LogP contribution is -2.53. The van der Waals surface area contributed by atoms with Gasteiger partial charge < -0.3 is 16.2 Å². The maximum Gasteiger partial charge on any atom is 0.332 e. The Balaban J connectivity index is 3.01. The number of esters is 1. The molecule has 4 N–H and O–H groups in total. The summed E-state index contributed by atoms with van der Waals surface area (Å²) in [6, 6.07) is 9.04. The normalized spacial score (nSPS) is 15.1. The molecule has 0 aliphatic carbocycles. The van der Waals surface area contributed by atoms with Gasteiger partial charge in [-0.1, -0.05) is 30.3 Å². The van der Waals surface area contributed by atoms with Gasteiger partial charge in [0.15, 0.2) is 5.54 Å². The highest BCUT2D eigenvalue weighted by Gasteiger charge is 2.38. The summed E-state index contributed by atoms with van der Waals surface area (Å²) < 4.78 is 5.30. The fourth-order valence-electron chi connectivity index (χ4n) is 1.42. The Morgan fingerprint density at radius 3 is 2.18 bits per heavy atom. The molecule has 0 bridgehead atoms. The number of benzene rings is 1. The SMILES string of the molecule is CC(C)(C)OC(=O)[C@](N)(CN)c1ccccc1. The van der Waals surface area contributed by atoms with Crippen LogP contribution < -0.4 is 11.5 Å². The van der Waals surface area contributed by atoms with Gasteiger partial charge in [-0.05, 0) is 26.3 Å². The molecule has 17 heavy (non-hydrogen) atoms. The molecule has 0 aromatic heterocycles. The van der Waals surface area contributed by atoms with Crippen molar-refractivity contribution < 1.29 is 9.53 Å². The Morgan fingerprint density at radius 2 is 1.76 bits per heavy atom. The van der Waals surface area contributed by atoms with Gasteiger partial charge in [0, 0.05) is 6.54 Å². The second-order valence-electron chi connectivity index (χ2n) is 5.04. The molecule has 0 aliphatic heterocycles. The molecule has 4 nitrogen and oxygen atoms in total. The summed E-state index contributed by atoms with van der Waals surface area (Å²) in [4.78, 5) is 12.1. The summed E-state index contributed by atoms with van der Waals surface area (Å²) in [5.41, 5.74) is 10.5.